The number of esters is 1. The molecule has 0 aromatic carbocycles. The number of nitrogens with zero attached hydrogens (tertiary/aromatic N) is 7. The zero-order chi connectivity index (χ0) is 38.7. The van der Waals surface area contributed by atoms with Crippen molar-refractivity contribution < 1.29 is 55.7 Å². The lowest BCUT2D eigenvalue weighted by Crippen LogP contribution is -2.35. The average Bonchev–Trinajstić information content (AvgIpc) is 3.87. The summed E-state index contributed by atoms with van der Waals surface area (Å²) >= 11 is 1.03. The SMILES string of the molecule is CSP1(=O)OCC2OC(n3cnc4c(=O)[nH]c(N)nc43)C(OP(=O)(SCOC(=O)C(C)(C)C)OCC3=C(O1)C(F)C(n1cnc4c(N)ncnc41)O3)C2O. The highest BCUT2D eigenvalue weighted by molar-refractivity contribution is 8.55. The molecule has 3 aliphatic heterocycles. The topological polar surface area (TPSA) is 295 Å². The molecule has 3 aliphatic rings. The molecule has 7 rings (SSSR count). The van der Waals surface area contributed by atoms with Crippen LogP contribution in [0.2, 0.25) is 0 Å². The zero-order valence-corrected chi connectivity index (χ0v) is 32.1. The normalized spacial score (nSPS) is 30.6. The van der Waals surface area contributed by atoms with E-state index in [1.54, 1.807) is 20.8 Å². The van der Waals surface area contributed by atoms with Crippen LogP contribution in [-0.4, -0.2) is 100 Å². The third-order valence-electron chi connectivity index (χ3n) is 8.19. The minimum Gasteiger partial charge on any atom is -0.465 e. The predicted molar refractivity (Wildman–Crippen MR) is 189 cm³/mol. The summed E-state index contributed by atoms with van der Waals surface area (Å²) in [5, 5.41) is 11.6. The minimum atomic E-state index is -4.63. The number of carbonyl (C=O) groups excluding carboxylic acids is 1. The van der Waals surface area contributed by atoms with E-state index < -0.39 is 98.1 Å². The summed E-state index contributed by atoms with van der Waals surface area (Å²) in [4.78, 5) is 47.8. The van der Waals surface area contributed by atoms with Crippen molar-refractivity contribution in [2.75, 3.05) is 36.9 Å². The summed E-state index contributed by atoms with van der Waals surface area (Å²) in [7, 11) is 0. The molecule has 54 heavy (non-hydrogen) atoms. The van der Waals surface area contributed by atoms with Crippen LogP contribution in [0.5, 0.6) is 0 Å². The van der Waals surface area contributed by atoms with Gasteiger partial charge in [-0.3, -0.25) is 37.3 Å². The first-order valence-corrected chi connectivity index (χ1v) is 22.3. The van der Waals surface area contributed by atoms with Crippen LogP contribution in [0.25, 0.3) is 22.3 Å². The standard InChI is InChI=1S/C27H33FN10O12P2S2/c1-27(2,3)25(41)44-10-54-52(43)46-6-12-17(13(28)23(48-12)37-8-33-14-19(29)31-7-32-20(14)37)49-51(42,53-4)45-5-11-16(39)18(50-52)24(47-11)38-9-34-15-21(38)35-26(30)36-22(15)40/h7-9,11,13,16,18,23-24,39H,5-6,10H2,1-4H3,(H2,29,31,32)(H3,30,35,36,40). The number of rotatable bonds is 6. The molecular formula is C27H33FN10O12P2S2. The third kappa shape index (κ3) is 7.19. The number of aliphatic hydroxyl groups is 1. The van der Waals surface area contributed by atoms with Crippen molar-refractivity contribution in [1.29, 1.82) is 0 Å². The van der Waals surface area contributed by atoms with Crippen LogP contribution in [0.1, 0.15) is 33.2 Å². The first-order valence-electron chi connectivity index (χ1n) is 15.8. The fraction of sp³-hybridized carbons (Fsp3) is 0.519. The van der Waals surface area contributed by atoms with Crippen LogP contribution >= 0.6 is 36.4 Å². The molecule has 1 fully saturated rings. The number of nitrogen functional groups attached to an aromatic ring is 2. The van der Waals surface area contributed by atoms with E-state index in [0.29, 0.717) is 22.8 Å². The summed E-state index contributed by atoms with van der Waals surface area (Å²) in [5.74, 6) is -2.47. The van der Waals surface area contributed by atoms with Crippen molar-refractivity contribution in [1.82, 2.24) is 39.0 Å². The van der Waals surface area contributed by atoms with Gasteiger partial charge in [0.15, 0.2) is 40.4 Å². The highest BCUT2D eigenvalue weighted by atomic mass is 32.7. The van der Waals surface area contributed by atoms with E-state index in [1.165, 1.54) is 21.7 Å². The largest absolute Gasteiger partial charge is 0.465 e. The summed E-state index contributed by atoms with van der Waals surface area (Å²) in [5.41, 5.74) is 10.1. The number of hydrogen-bond donors (Lipinski definition) is 4. The number of imidazole rings is 2. The Bertz CT molecular complexity index is 2300. The molecule has 6 N–H and O–H groups in total. The maximum atomic E-state index is 16.5. The molecule has 292 valence electrons. The van der Waals surface area contributed by atoms with Gasteiger partial charge in [-0.2, -0.15) is 4.98 Å². The first-order chi connectivity index (χ1) is 25.5. The van der Waals surface area contributed by atoms with Crippen LogP contribution in [0, 0.1) is 5.41 Å². The van der Waals surface area contributed by atoms with Gasteiger partial charge in [0.05, 0.1) is 18.3 Å². The van der Waals surface area contributed by atoms with Gasteiger partial charge in [-0.15, -0.1) is 0 Å². The van der Waals surface area contributed by atoms with Gasteiger partial charge in [-0.1, -0.05) is 0 Å². The second-order valence-corrected chi connectivity index (χ2v) is 21.0. The molecule has 4 aromatic rings. The highest BCUT2D eigenvalue weighted by Gasteiger charge is 2.52. The van der Waals surface area contributed by atoms with Gasteiger partial charge in [0, 0.05) is 11.4 Å². The van der Waals surface area contributed by atoms with Crippen LogP contribution < -0.4 is 17.0 Å². The molecule has 22 nitrogen and oxygen atoms in total. The molecule has 4 aromatic heterocycles. The number of halogens is 1. The molecule has 0 radical (unpaired) electrons. The van der Waals surface area contributed by atoms with Crippen molar-refractivity contribution in [2.24, 2.45) is 5.41 Å². The van der Waals surface area contributed by atoms with Crippen molar-refractivity contribution >= 4 is 76.4 Å². The Labute approximate surface area is 311 Å². The maximum absolute atomic E-state index is 16.5. The predicted octanol–water partition coefficient (Wildman–Crippen LogP) is 2.77. The molecule has 7 heterocycles. The number of anilines is 2. The van der Waals surface area contributed by atoms with E-state index in [9.17, 15) is 23.8 Å². The zero-order valence-electron chi connectivity index (χ0n) is 28.6. The lowest BCUT2D eigenvalue weighted by molar-refractivity contribution is -0.150. The van der Waals surface area contributed by atoms with E-state index in [4.69, 9.17) is 43.8 Å². The Morgan fingerprint density at radius 1 is 1.09 bits per heavy atom. The van der Waals surface area contributed by atoms with Gasteiger partial charge in [-0.05, 0) is 38.4 Å². The number of aliphatic hydroxyl groups excluding tert-OH is 1. The highest BCUT2D eigenvalue weighted by Crippen LogP contribution is 2.66. The Balaban J connectivity index is 1.27. The van der Waals surface area contributed by atoms with E-state index in [1.807, 2.05) is 0 Å². The maximum Gasteiger partial charge on any atom is 0.439 e. The number of ether oxygens (including phenoxy) is 3. The number of aromatic nitrogens is 8. The second-order valence-electron chi connectivity index (χ2n) is 12.8. The van der Waals surface area contributed by atoms with Gasteiger partial charge in [0.1, 0.15) is 49.0 Å². The number of nitrogens with one attached hydrogen (secondary N) is 1. The van der Waals surface area contributed by atoms with Gasteiger partial charge in [0.2, 0.25) is 18.3 Å². The summed E-state index contributed by atoms with van der Waals surface area (Å²) < 4.78 is 88.2. The quantitative estimate of drug-likeness (QED) is 0.123. The molecule has 0 amide bonds. The Morgan fingerprint density at radius 3 is 2.54 bits per heavy atom. The first kappa shape index (κ1) is 38.5. The monoisotopic (exact) mass is 834 g/mol. The Hall–Kier alpha value is -3.80. The second kappa shape index (κ2) is 14.4. The van der Waals surface area contributed by atoms with E-state index >= 15 is 4.39 Å². The van der Waals surface area contributed by atoms with E-state index in [2.05, 4.69) is 29.9 Å². The molecule has 1 saturated heterocycles. The number of alkyl halides is 1. The molecule has 2 bridgehead atoms. The molecule has 8 unspecified atom stereocenters. The number of carbonyl (C=O) groups is 1. The minimum absolute atomic E-state index is 0.0178. The van der Waals surface area contributed by atoms with Crippen LogP contribution in [0.3, 0.4) is 0 Å². The molecule has 27 heteroatoms. The van der Waals surface area contributed by atoms with Crippen LogP contribution in [0.15, 0.2) is 35.3 Å². The summed E-state index contributed by atoms with van der Waals surface area (Å²) in [6, 6.07) is 0. The number of hydrogen-bond acceptors (Lipinski definition) is 21. The van der Waals surface area contributed by atoms with Gasteiger partial charge >= 0.3 is 19.6 Å². The molecule has 8 atom stereocenters. The fourth-order valence-electron chi connectivity index (χ4n) is 5.48. The van der Waals surface area contributed by atoms with Gasteiger partial charge in [0.25, 0.3) is 5.56 Å². The molecule has 0 saturated carbocycles. The Kier molecular flexibility index (Phi) is 10.2. The number of aromatic amines is 1. The van der Waals surface area contributed by atoms with Crippen molar-refractivity contribution in [3.05, 3.63) is 40.9 Å². The van der Waals surface area contributed by atoms with Gasteiger partial charge in [-0.25, -0.2) is 33.5 Å². The smallest absolute Gasteiger partial charge is 0.439 e. The Morgan fingerprint density at radius 2 is 1.81 bits per heavy atom. The van der Waals surface area contributed by atoms with E-state index in [0.717, 1.165) is 12.7 Å². The van der Waals surface area contributed by atoms with Crippen LogP contribution in [-0.2, 0) is 46.2 Å². The number of fused-ring (bicyclic) bond motifs is 4. The average molecular weight is 835 g/mol. The molecule has 0 aliphatic carbocycles. The van der Waals surface area contributed by atoms with Gasteiger partial charge < -0.3 is 35.3 Å². The number of H-pyrrole nitrogens is 1. The number of nitrogens with two attached hydrogens (primary N) is 2. The summed E-state index contributed by atoms with van der Waals surface area (Å²) in [6.07, 6.45) is -4.95. The van der Waals surface area contributed by atoms with E-state index in [-0.39, 0.29) is 34.1 Å². The van der Waals surface area contributed by atoms with Crippen molar-refractivity contribution in [3.63, 3.8) is 0 Å². The third-order valence-corrected chi connectivity index (χ3v) is 14.7. The summed E-state index contributed by atoms with van der Waals surface area (Å²) in [6.45, 7) is -5.60. The molecule has 0 spiro atoms. The molecular weight excluding hydrogens is 801 g/mol. The fourth-order valence-corrected chi connectivity index (χ4v) is 10.1. The van der Waals surface area contributed by atoms with Crippen LogP contribution in [0.4, 0.5) is 16.2 Å². The van der Waals surface area contributed by atoms with Crippen molar-refractivity contribution in [3.8, 4) is 0 Å². The van der Waals surface area contributed by atoms with Crippen molar-refractivity contribution in [2.45, 2.75) is 57.7 Å². The lowest BCUT2D eigenvalue weighted by Gasteiger charge is -2.27. The lowest BCUT2D eigenvalue weighted by atomic mass is 9.98.